The topological polar surface area (TPSA) is 43.6 Å². The minimum Gasteiger partial charge on any atom is -0.259 e. The molecule has 130 valence electrons. The number of nitrogens with zero attached hydrogens (tertiary/aromatic N) is 4. The van der Waals surface area contributed by atoms with Crippen LogP contribution in [0.1, 0.15) is 17.7 Å². The quantitative estimate of drug-likeness (QED) is 0.500. The largest absolute Gasteiger partial charge is 0.263 e. The molecule has 0 atom stereocenters. The molecular weight excluding hydrogens is 358 g/mol. The number of halogens is 3. The van der Waals surface area contributed by atoms with Gasteiger partial charge in [0.15, 0.2) is 0 Å². The second-order valence-corrected chi connectivity index (χ2v) is 6.26. The highest BCUT2D eigenvalue weighted by Gasteiger charge is 2.10. The average molecular weight is 371 g/mol. The Morgan fingerprint density at radius 1 is 1.00 bits per heavy atom. The zero-order valence-corrected chi connectivity index (χ0v) is 14.2. The molecule has 2 aromatic carbocycles. The van der Waals surface area contributed by atoms with Crippen LogP contribution in [-0.4, -0.2) is 19.7 Å². The molecule has 2 heterocycles. The first-order valence-electron chi connectivity index (χ1n) is 7.90. The fraction of sp³-hybridized carbons (Fsp3) is 0.105. The Morgan fingerprint density at radius 2 is 1.88 bits per heavy atom. The molecule has 7 heteroatoms. The minimum absolute atomic E-state index is 0.0324. The zero-order chi connectivity index (χ0) is 18.1. The van der Waals surface area contributed by atoms with Crippen molar-refractivity contribution in [1.29, 1.82) is 0 Å². The Balaban J connectivity index is 1.58. The maximum atomic E-state index is 12.8. The van der Waals surface area contributed by atoms with Crippen LogP contribution in [0.3, 0.4) is 0 Å². The smallest absolute Gasteiger partial charge is 0.259 e. The second-order valence-electron chi connectivity index (χ2n) is 5.82. The molecule has 0 radical (unpaired) electrons. The summed E-state index contributed by atoms with van der Waals surface area (Å²) in [5.74, 6) is 0. The summed E-state index contributed by atoms with van der Waals surface area (Å²) in [5.41, 5.74) is 2.80. The Bertz CT molecular complexity index is 1060. The highest BCUT2D eigenvalue weighted by atomic mass is 35.5. The van der Waals surface area contributed by atoms with Crippen LogP contribution in [0, 0.1) is 0 Å². The summed E-state index contributed by atoms with van der Waals surface area (Å²) >= 11 is 5.99. The van der Waals surface area contributed by atoms with Crippen LogP contribution >= 0.6 is 11.6 Å². The summed E-state index contributed by atoms with van der Waals surface area (Å²) in [7, 11) is 0. The van der Waals surface area contributed by atoms with Crippen molar-refractivity contribution in [2.24, 2.45) is 0 Å². The molecule has 0 spiro atoms. The summed E-state index contributed by atoms with van der Waals surface area (Å²) in [5, 5.41) is 5.96. The molecule has 0 N–H and O–H groups in total. The monoisotopic (exact) mass is 370 g/mol. The first-order chi connectivity index (χ1) is 12.6. The third-order valence-electron chi connectivity index (χ3n) is 4.06. The molecule has 4 aromatic rings. The van der Waals surface area contributed by atoms with Crippen LogP contribution < -0.4 is 0 Å². The lowest BCUT2D eigenvalue weighted by Gasteiger charge is -2.06. The molecule has 0 saturated heterocycles. The van der Waals surface area contributed by atoms with Crippen LogP contribution in [0.4, 0.5) is 8.78 Å². The Morgan fingerprint density at radius 3 is 2.65 bits per heavy atom. The van der Waals surface area contributed by atoms with E-state index in [-0.39, 0.29) is 5.56 Å². The van der Waals surface area contributed by atoms with E-state index in [0.717, 1.165) is 16.6 Å². The molecule has 0 aliphatic carbocycles. The highest BCUT2D eigenvalue weighted by Crippen LogP contribution is 2.24. The zero-order valence-electron chi connectivity index (χ0n) is 13.5. The van der Waals surface area contributed by atoms with Crippen molar-refractivity contribution in [3.05, 3.63) is 77.3 Å². The normalized spacial score (nSPS) is 11.4. The number of alkyl halides is 2. The van der Waals surface area contributed by atoms with Crippen molar-refractivity contribution < 1.29 is 8.78 Å². The molecule has 0 unspecified atom stereocenters. The van der Waals surface area contributed by atoms with Gasteiger partial charge in [0, 0.05) is 21.5 Å². The molecule has 4 nitrogen and oxygen atoms in total. The molecule has 2 aromatic heterocycles. The van der Waals surface area contributed by atoms with E-state index in [1.165, 1.54) is 12.1 Å². The van der Waals surface area contributed by atoms with Crippen molar-refractivity contribution in [2.45, 2.75) is 13.0 Å². The number of hydrogen-bond donors (Lipinski definition) is 0. The van der Waals surface area contributed by atoms with E-state index in [0.29, 0.717) is 22.8 Å². The predicted octanol–water partition coefficient (Wildman–Crippen LogP) is 5.13. The number of fused-ring (bicyclic) bond motifs is 1. The van der Waals surface area contributed by atoms with E-state index in [4.69, 9.17) is 11.6 Å². The van der Waals surface area contributed by atoms with Gasteiger partial charge in [-0.3, -0.25) is 14.6 Å². The second kappa shape index (κ2) is 6.80. The lowest BCUT2D eigenvalue weighted by Crippen LogP contribution is -2.04. The summed E-state index contributed by atoms with van der Waals surface area (Å²) in [6, 6.07) is 11.7. The highest BCUT2D eigenvalue weighted by molar-refractivity contribution is 6.31. The molecule has 0 aliphatic heterocycles. The number of rotatable bonds is 4. The van der Waals surface area contributed by atoms with Crippen LogP contribution in [0.15, 0.2) is 61.1 Å². The van der Waals surface area contributed by atoms with E-state index in [1.807, 2.05) is 22.9 Å². The maximum absolute atomic E-state index is 12.8. The molecule has 0 amide bonds. The summed E-state index contributed by atoms with van der Waals surface area (Å²) < 4.78 is 27.5. The van der Waals surface area contributed by atoms with Gasteiger partial charge in [0.1, 0.15) is 0 Å². The van der Waals surface area contributed by atoms with Crippen molar-refractivity contribution in [1.82, 2.24) is 19.7 Å². The number of benzene rings is 2. The van der Waals surface area contributed by atoms with Crippen LogP contribution in [0.2, 0.25) is 5.02 Å². The van der Waals surface area contributed by atoms with Gasteiger partial charge in [-0.25, -0.2) is 8.78 Å². The van der Waals surface area contributed by atoms with Gasteiger partial charge in [0.2, 0.25) is 0 Å². The standard InChI is InChI=1S/C19H13ClF2N4/c20-15-4-5-18-14(7-15)8-25-26(18)11-16-9-24-17(10-23-16)12-2-1-3-13(6-12)19(21)22/h1-10,19H,11H2. The first kappa shape index (κ1) is 16.6. The van der Waals surface area contributed by atoms with E-state index >= 15 is 0 Å². The van der Waals surface area contributed by atoms with Crippen LogP contribution in [-0.2, 0) is 6.54 Å². The predicted molar refractivity (Wildman–Crippen MR) is 96.3 cm³/mol. The lowest BCUT2D eigenvalue weighted by molar-refractivity contribution is 0.151. The average Bonchev–Trinajstić information content (AvgIpc) is 3.04. The molecule has 4 rings (SSSR count). The van der Waals surface area contributed by atoms with Crippen molar-refractivity contribution in [3.63, 3.8) is 0 Å². The Hall–Kier alpha value is -2.86. The van der Waals surface area contributed by atoms with Crippen molar-refractivity contribution in [2.75, 3.05) is 0 Å². The van der Waals surface area contributed by atoms with Crippen LogP contribution in [0.25, 0.3) is 22.2 Å². The van der Waals surface area contributed by atoms with Gasteiger partial charge < -0.3 is 0 Å². The van der Waals surface area contributed by atoms with Gasteiger partial charge in [-0.15, -0.1) is 0 Å². The molecular formula is C19H13ClF2N4. The van der Waals surface area contributed by atoms with Crippen molar-refractivity contribution >= 4 is 22.5 Å². The lowest BCUT2D eigenvalue weighted by atomic mass is 10.1. The van der Waals surface area contributed by atoms with Gasteiger partial charge in [-0.05, 0) is 24.3 Å². The van der Waals surface area contributed by atoms with Gasteiger partial charge in [-0.2, -0.15) is 5.10 Å². The number of aromatic nitrogens is 4. The molecule has 0 fully saturated rings. The van der Waals surface area contributed by atoms with Gasteiger partial charge in [0.25, 0.3) is 6.43 Å². The molecule has 0 saturated carbocycles. The summed E-state index contributed by atoms with van der Waals surface area (Å²) in [6.45, 7) is 0.454. The number of hydrogen-bond acceptors (Lipinski definition) is 3. The third-order valence-corrected chi connectivity index (χ3v) is 4.29. The summed E-state index contributed by atoms with van der Waals surface area (Å²) in [6.07, 6.45) is 2.46. The Kier molecular flexibility index (Phi) is 4.34. The SMILES string of the molecule is FC(F)c1cccc(-c2cnc(Cn3ncc4cc(Cl)ccc43)cn2)c1. The molecule has 0 aliphatic rings. The minimum atomic E-state index is -2.51. The van der Waals surface area contributed by atoms with Gasteiger partial charge >= 0.3 is 0 Å². The van der Waals surface area contributed by atoms with Crippen LogP contribution in [0.5, 0.6) is 0 Å². The summed E-state index contributed by atoms with van der Waals surface area (Å²) in [4.78, 5) is 8.75. The van der Waals surface area contributed by atoms with E-state index in [2.05, 4.69) is 15.1 Å². The first-order valence-corrected chi connectivity index (χ1v) is 8.28. The van der Waals surface area contributed by atoms with Gasteiger partial charge in [0.05, 0.1) is 42.0 Å². The van der Waals surface area contributed by atoms with Gasteiger partial charge in [-0.1, -0.05) is 29.8 Å². The van der Waals surface area contributed by atoms with E-state index < -0.39 is 6.43 Å². The maximum Gasteiger partial charge on any atom is 0.263 e. The fourth-order valence-electron chi connectivity index (χ4n) is 2.76. The van der Waals surface area contributed by atoms with E-state index in [1.54, 1.807) is 30.7 Å². The Labute approximate surface area is 153 Å². The third kappa shape index (κ3) is 3.28. The molecule has 26 heavy (non-hydrogen) atoms. The fourth-order valence-corrected chi connectivity index (χ4v) is 2.94. The van der Waals surface area contributed by atoms with E-state index in [9.17, 15) is 8.78 Å². The van der Waals surface area contributed by atoms with Crippen molar-refractivity contribution in [3.8, 4) is 11.3 Å². The molecule has 0 bridgehead atoms.